The standard InChI is InChI=1S/C26H37N3O4/c1-5-6-18-23(26(32)28-15(2)30)21(25(31)27-3)14-20-19-13-17(16-9-11-33-12-10-16)7-8-22(19)29(4)24(18)20/h14-17,30H,5-13H2,1-4H3,(H,27,31)(H,28,32). The molecule has 33 heavy (non-hydrogen) atoms. The first kappa shape index (κ1) is 23.8. The predicted molar refractivity (Wildman–Crippen MR) is 129 cm³/mol. The van der Waals surface area contributed by atoms with Crippen LogP contribution in [-0.2, 0) is 31.0 Å². The fourth-order valence-corrected chi connectivity index (χ4v) is 5.99. The molecule has 0 saturated carbocycles. The van der Waals surface area contributed by atoms with Crippen LogP contribution in [0.3, 0.4) is 0 Å². The number of aromatic nitrogens is 1. The molecule has 180 valence electrons. The lowest BCUT2D eigenvalue weighted by atomic mass is 9.75. The summed E-state index contributed by atoms with van der Waals surface area (Å²) in [5.74, 6) is 0.627. The molecule has 1 saturated heterocycles. The zero-order chi connectivity index (χ0) is 23.7. The van der Waals surface area contributed by atoms with Gasteiger partial charge in [0.1, 0.15) is 6.23 Å². The Balaban J connectivity index is 1.90. The minimum atomic E-state index is -0.998. The quantitative estimate of drug-likeness (QED) is 0.584. The summed E-state index contributed by atoms with van der Waals surface area (Å²) < 4.78 is 7.84. The molecule has 1 fully saturated rings. The summed E-state index contributed by atoms with van der Waals surface area (Å²) in [7, 11) is 3.68. The maximum absolute atomic E-state index is 13.2. The second kappa shape index (κ2) is 9.85. The van der Waals surface area contributed by atoms with Gasteiger partial charge in [0.15, 0.2) is 0 Å². The summed E-state index contributed by atoms with van der Waals surface area (Å²) in [4.78, 5) is 26.1. The number of rotatable bonds is 6. The van der Waals surface area contributed by atoms with Crippen molar-refractivity contribution in [2.24, 2.45) is 18.9 Å². The van der Waals surface area contributed by atoms with Gasteiger partial charge in [-0.15, -0.1) is 0 Å². The number of carbonyl (C=O) groups excluding carboxylic acids is 2. The van der Waals surface area contributed by atoms with Gasteiger partial charge < -0.3 is 25.0 Å². The van der Waals surface area contributed by atoms with Crippen LogP contribution < -0.4 is 10.6 Å². The molecule has 2 heterocycles. The van der Waals surface area contributed by atoms with E-state index in [1.54, 1.807) is 7.05 Å². The summed E-state index contributed by atoms with van der Waals surface area (Å²) in [6.45, 7) is 5.30. The number of ether oxygens (including phenoxy) is 1. The molecule has 1 aromatic carbocycles. The Morgan fingerprint density at radius 2 is 1.94 bits per heavy atom. The van der Waals surface area contributed by atoms with Gasteiger partial charge in [0.25, 0.3) is 11.8 Å². The fourth-order valence-electron chi connectivity index (χ4n) is 5.99. The van der Waals surface area contributed by atoms with E-state index in [1.807, 2.05) is 6.07 Å². The lowest BCUT2D eigenvalue weighted by molar-refractivity contribution is 0.0439. The highest BCUT2D eigenvalue weighted by Gasteiger charge is 2.33. The topological polar surface area (TPSA) is 92.6 Å². The predicted octanol–water partition coefficient (Wildman–Crippen LogP) is 3.09. The Kier molecular flexibility index (Phi) is 7.10. The lowest BCUT2D eigenvalue weighted by Gasteiger charge is -2.33. The Hall–Kier alpha value is -2.38. The molecule has 0 bridgehead atoms. The Morgan fingerprint density at radius 3 is 2.58 bits per heavy atom. The van der Waals surface area contributed by atoms with Crippen LogP contribution in [0.25, 0.3) is 10.9 Å². The van der Waals surface area contributed by atoms with E-state index in [0.29, 0.717) is 29.4 Å². The van der Waals surface area contributed by atoms with Crippen LogP contribution in [0.15, 0.2) is 6.07 Å². The van der Waals surface area contributed by atoms with Crippen LogP contribution in [0.1, 0.15) is 77.1 Å². The van der Waals surface area contributed by atoms with Gasteiger partial charge in [0, 0.05) is 38.4 Å². The fraction of sp³-hybridized carbons (Fsp3) is 0.615. The average Bonchev–Trinajstić information content (AvgIpc) is 3.09. The number of aliphatic hydroxyl groups excluding tert-OH is 1. The number of aryl methyl sites for hydroxylation is 2. The molecule has 2 unspecified atom stereocenters. The number of benzene rings is 1. The number of fused-ring (bicyclic) bond motifs is 3. The maximum atomic E-state index is 13.2. The third kappa shape index (κ3) is 4.41. The monoisotopic (exact) mass is 455 g/mol. The van der Waals surface area contributed by atoms with Gasteiger partial charge in [-0.25, -0.2) is 0 Å². The van der Waals surface area contributed by atoms with Gasteiger partial charge in [-0.3, -0.25) is 9.59 Å². The largest absolute Gasteiger partial charge is 0.381 e. The number of carbonyl (C=O) groups is 2. The number of nitrogens with one attached hydrogen (secondary N) is 2. The number of aliphatic hydroxyl groups is 1. The SMILES string of the molecule is CCCc1c(C(=O)NC(C)O)c(C(=O)NC)cc2c3c(n(C)c12)CCC(C1CCOCC1)C3. The molecule has 0 radical (unpaired) electrons. The highest BCUT2D eigenvalue weighted by atomic mass is 16.5. The molecule has 1 aliphatic heterocycles. The molecule has 2 aromatic rings. The van der Waals surface area contributed by atoms with Crippen molar-refractivity contribution in [2.75, 3.05) is 20.3 Å². The van der Waals surface area contributed by atoms with Gasteiger partial charge in [0.05, 0.1) is 16.6 Å². The van der Waals surface area contributed by atoms with Crippen molar-refractivity contribution in [3.05, 3.63) is 34.0 Å². The minimum absolute atomic E-state index is 0.278. The van der Waals surface area contributed by atoms with Crippen LogP contribution in [0.5, 0.6) is 0 Å². The van der Waals surface area contributed by atoms with E-state index < -0.39 is 12.1 Å². The van der Waals surface area contributed by atoms with Crippen molar-refractivity contribution < 1.29 is 19.4 Å². The number of amides is 2. The highest BCUT2D eigenvalue weighted by molar-refractivity contribution is 6.12. The number of hydrogen-bond acceptors (Lipinski definition) is 4. The first-order valence-corrected chi connectivity index (χ1v) is 12.3. The van der Waals surface area contributed by atoms with Crippen molar-refractivity contribution in [2.45, 2.75) is 65.0 Å². The summed E-state index contributed by atoms with van der Waals surface area (Å²) >= 11 is 0. The van der Waals surface area contributed by atoms with Crippen LogP contribution in [0, 0.1) is 11.8 Å². The van der Waals surface area contributed by atoms with Crippen molar-refractivity contribution >= 4 is 22.7 Å². The van der Waals surface area contributed by atoms with Crippen molar-refractivity contribution in [1.82, 2.24) is 15.2 Å². The van der Waals surface area contributed by atoms with E-state index in [-0.39, 0.29) is 5.91 Å². The third-order valence-electron chi connectivity index (χ3n) is 7.50. The zero-order valence-electron chi connectivity index (χ0n) is 20.3. The molecule has 7 nitrogen and oxygen atoms in total. The molecule has 2 amide bonds. The Morgan fingerprint density at radius 1 is 1.21 bits per heavy atom. The van der Waals surface area contributed by atoms with E-state index in [0.717, 1.165) is 61.8 Å². The summed E-state index contributed by atoms with van der Waals surface area (Å²) in [5, 5.41) is 16.2. The van der Waals surface area contributed by atoms with Gasteiger partial charge >= 0.3 is 0 Å². The molecule has 7 heteroatoms. The smallest absolute Gasteiger partial charge is 0.254 e. The molecular weight excluding hydrogens is 418 g/mol. The molecule has 1 aliphatic carbocycles. The second-order valence-electron chi connectivity index (χ2n) is 9.59. The third-order valence-corrected chi connectivity index (χ3v) is 7.50. The van der Waals surface area contributed by atoms with Gasteiger partial charge in [-0.05, 0) is 74.5 Å². The minimum Gasteiger partial charge on any atom is -0.381 e. The van der Waals surface area contributed by atoms with Crippen molar-refractivity contribution in [3.63, 3.8) is 0 Å². The lowest BCUT2D eigenvalue weighted by Crippen LogP contribution is -2.35. The van der Waals surface area contributed by atoms with Gasteiger partial charge in [-0.2, -0.15) is 0 Å². The zero-order valence-corrected chi connectivity index (χ0v) is 20.3. The molecule has 0 spiro atoms. The first-order chi connectivity index (χ1) is 15.9. The van der Waals surface area contributed by atoms with Crippen molar-refractivity contribution in [1.29, 1.82) is 0 Å². The summed E-state index contributed by atoms with van der Waals surface area (Å²) in [6, 6.07) is 1.91. The number of nitrogens with zero attached hydrogens (tertiary/aromatic N) is 1. The molecule has 2 aliphatic rings. The first-order valence-electron chi connectivity index (χ1n) is 12.3. The summed E-state index contributed by atoms with van der Waals surface area (Å²) in [5.41, 5.74) is 5.36. The molecular formula is C26H37N3O4. The van der Waals surface area contributed by atoms with Crippen LogP contribution in [0.4, 0.5) is 0 Å². The molecule has 2 atom stereocenters. The number of hydrogen-bond donors (Lipinski definition) is 3. The van der Waals surface area contributed by atoms with E-state index in [4.69, 9.17) is 4.74 Å². The van der Waals surface area contributed by atoms with Crippen LogP contribution in [0.2, 0.25) is 0 Å². The van der Waals surface area contributed by atoms with Crippen LogP contribution in [-0.4, -0.2) is 48.0 Å². The Bertz CT molecular complexity index is 1050. The Labute approximate surface area is 195 Å². The summed E-state index contributed by atoms with van der Waals surface area (Å²) in [6.07, 6.45) is 5.97. The van der Waals surface area contributed by atoms with E-state index >= 15 is 0 Å². The van der Waals surface area contributed by atoms with E-state index in [1.165, 1.54) is 24.6 Å². The highest BCUT2D eigenvalue weighted by Crippen LogP contribution is 2.41. The maximum Gasteiger partial charge on any atom is 0.254 e. The molecule has 3 N–H and O–H groups in total. The second-order valence-corrected chi connectivity index (χ2v) is 9.59. The van der Waals surface area contributed by atoms with Gasteiger partial charge in [-0.1, -0.05) is 13.3 Å². The molecule has 4 rings (SSSR count). The van der Waals surface area contributed by atoms with Crippen LogP contribution >= 0.6 is 0 Å². The molecule has 1 aromatic heterocycles. The van der Waals surface area contributed by atoms with Gasteiger partial charge in [0.2, 0.25) is 0 Å². The van der Waals surface area contributed by atoms with Crippen molar-refractivity contribution in [3.8, 4) is 0 Å². The van der Waals surface area contributed by atoms with E-state index in [9.17, 15) is 14.7 Å². The average molecular weight is 456 g/mol. The van der Waals surface area contributed by atoms with E-state index in [2.05, 4.69) is 29.2 Å². The normalized spacial score (nSPS) is 19.8.